The first-order chi connectivity index (χ1) is 9.79. The first kappa shape index (κ1) is 17.6. The molecule has 119 valence electrons. The highest BCUT2D eigenvalue weighted by Crippen LogP contribution is 2.20. The third-order valence-corrected chi connectivity index (χ3v) is 3.93. The first-order valence-electron chi connectivity index (χ1n) is 7.53. The molecular formula is C15H26N3O3. The van der Waals surface area contributed by atoms with Gasteiger partial charge < -0.3 is 16.0 Å². The SMILES string of the molecule is CC(C)C([C]=O)NC(=O)C1CCCN1C(=O)C(N)C(C)C. The van der Waals surface area contributed by atoms with Crippen molar-refractivity contribution in [3.05, 3.63) is 0 Å². The number of carbonyl (C=O) groups excluding carboxylic acids is 3. The van der Waals surface area contributed by atoms with Gasteiger partial charge in [-0.1, -0.05) is 27.7 Å². The minimum Gasteiger partial charge on any atom is -0.344 e. The van der Waals surface area contributed by atoms with Crippen LogP contribution in [0.15, 0.2) is 0 Å². The van der Waals surface area contributed by atoms with Gasteiger partial charge in [0.1, 0.15) is 6.04 Å². The minimum atomic E-state index is -0.645. The van der Waals surface area contributed by atoms with Gasteiger partial charge in [0, 0.05) is 6.54 Å². The zero-order chi connectivity index (χ0) is 16.2. The molecule has 0 aromatic carbocycles. The van der Waals surface area contributed by atoms with Crippen LogP contribution in [0, 0.1) is 11.8 Å². The number of likely N-dealkylation sites (tertiary alicyclic amines) is 1. The summed E-state index contributed by atoms with van der Waals surface area (Å²) in [4.78, 5) is 37.0. The molecular weight excluding hydrogens is 270 g/mol. The number of hydrogen-bond donors (Lipinski definition) is 2. The molecule has 1 radical (unpaired) electrons. The number of nitrogens with zero attached hydrogens (tertiary/aromatic N) is 1. The molecule has 1 rings (SSSR count). The molecule has 1 fully saturated rings. The average molecular weight is 296 g/mol. The molecule has 3 atom stereocenters. The topological polar surface area (TPSA) is 92.5 Å². The van der Waals surface area contributed by atoms with Gasteiger partial charge in [0.25, 0.3) is 0 Å². The quantitative estimate of drug-likeness (QED) is 0.733. The predicted molar refractivity (Wildman–Crippen MR) is 80.0 cm³/mol. The van der Waals surface area contributed by atoms with Crippen molar-refractivity contribution in [3.63, 3.8) is 0 Å². The van der Waals surface area contributed by atoms with Gasteiger partial charge in [0.05, 0.1) is 12.1 Å². The standard InChI is InChI=1S/C15H26N3O3/c1-9(2)11(8-19)17-14(20)12-6-5-7-18(12)15(21)13(16)10(3)4/h9-13H,5-7,16H2,1-4H3,(H,17,20). The number of amides is 2. The Morgan fingerprint density at radius 2 is 1.86 bits per heavy atom. The molecule has 1 saturated heterocycles. The lowest BCUT2D eigenvalue weighted by Crippen LogP contribution is -2.54. The molecule has 0 aromatic rings. The van der Waals surface area contributed by atoms with E-state index in [4.69, 9.17) is 5.73 Å². The van der Waals surface area contributed by atoms with Gasteiger partial charge in [0.2, 0.25) is 18.1 Å². The van der Waals surface area contributed by atoms with Crippen molar-refractivity contribution >= 4 is 18.1 Å². The van der Waals surface area contributed by atoms with E-state index in [9.17, 15) is 14.4 Å². The number of carbonyl (C=O) groups is 2. The Morgan fingerprint density at radius 1 is 1.24 bits per heavy atom. The van der Waals surface area contributed by atoms with Gasteiger partial charge in [-0.2, -0.15) is 0 Å². The van der Waals surface area contributed by atoms with Gasteiger partial charge in [-0.25, -0.2) is 0 Å². The second kappa shape index (κ2) is 7.54. The van der Waals surface area contributed by atoms with Crippen LogP contribution >= 0.6 is 0 Å². The Labute approximate surface area is 126 Å². The van der Waals surface area contributed by atoms with Gasteiger partial charge in [0.15, 0.2) is 0 Å². The number of nitrogens with one attached hydrogen (secondary N) is 1. The van der Waals surface area contributed by atoms with E-state index < -0.39 is 18.1 Å². The largest absolute Gasteiger partial charge is 0.344 e. The molecule has 0 spiro atoms. The normalized spacial score (nSPS) is 21.5. The lowest BCUT2D eigenvalue weighted by Gasteiger charge is -2.29. The van der Waals surface area contributed by atoms with E-state index in [2.05, 4.69) is 5.32 Å². The molecule has 3 unspecified atom stereocenters. The Hall–Kier alpha value is -1.43. The van der Waals surface area contributed by atoms with E-state index in [0.29, 0.717) is 13.0 Å². The molecule has 1 heterocycles. The fraction of sp³-hybridized carbons (Fsp3) is 0.800. The van der Waals surface area contributed by atoms with E-state index in [1.807, 2.05) is 34.0 Å². The van der Waals surface area contributed by atoms with Crippen molar-refractivity contribution in [1.82, 2.24) is 10.2 Å². The van der Waals surface area contributed by atoms with Crippen LogP contribution in [0.2, 0.25) is 0 Å². The Balaban J connectivity index is 2.74. The van der Waals surface area contributed by atoms with Crippen molar-refractivity contribution in [2.45, 2.75) is 58.7 Å². The number of nitrogens with two attached hydrogens (primary N) is 1. The highest BCUT2D eigenvalue weighted by molar-refractivity contribution is 5.91. The van der Waals surface area contributed by atoms with Crippen LogP contribution in [0.4, 0.5) is 0 Å². The molecule has 2 amide bonds. The van der Waals surface area contributed by atoms with Crippen LogP contribution < -0.4 is 11.1 Å². The fourth-order valence-corrected chi connectivity index (χ4v) is 2.36. The fourth-order valence-electron chi connectivity index (χ4n) is 2.36. The smallest absolute Gasteiger partial charge is 0.243 e. The summed E-state index contributed by atoms with van der Waals surface area (Å²) in [5.74, 6) is -0.499. The van der Waals surface area contributed by atoms with Crippen molar-refractivity contribution in [2.24, 2.45) is 17.6 Å². The third kappa shape index (κ3) is 4.27. The van der Waals surface area contributed by atoms with E-state index >= 15 is 0 Å². The summed E-state index contributed by atoms with van der Waals surface area (Å²) in [6.07, 6.45) is 3.20. The second-order valence-corrected chi connectivity index (χ2v) is 6.31. The van der Waals surface area contributed by atoms with E-state index in [0.717, 1.165) is 6.42 Å². The first-order valence-corrected chi connectivity index (χ1v) is 7.53. The van der Waals surface area contributed by atoms with Crippen LogP contribution in [-0.4, -0.2) is 47.7 Å². The lowest BCUT2D eigenvalue weighted by atomic mass is 10.0. The van der Waals surface area contributed by atoms with E-state index in [-0.39, 0.29) is 23.7 Å². The number of rotatable bonds is 6. The summed E-state index contributed by atoms with van der Waals surface area (Å²) < 4.78 is 0. The van der Waals surface area contributed by atoms with Gasteiger partial charge >= 0.3 is 0 Å². The van der Waals surface area contributed by atoms with Crippen LogP contribution in [-0.2, 0) is 14.4 Å². The maximum atomic E-state index is 12.3. The summed E-state index contributed by atoms with van der Waals surface area (Å²) in [5.41, 5.74) is 5.89. The van der Waals surface area contributed by atoms with Crippen LogP contribution in [0.1, 0.15) is 40.5 Å². The third-order valence-electron chi connectivity index (χ3n) is 3.93. The van der Waals surface area contributed by atoms with Crippen molar-refractivity contribution < 1.29 is 14.4 Å². The molecule has 0 saturated carbocycles. The highest BCUT2D eigenvalue weighted by Gasteiger charge is 2.37. The Bertz CT molecular complexity index is 396. The number of hydrogen-bond acceptors (Lipinski definition) is 4. The van der Waals surface area contributed by atoms with Crippen LogP contribution in [0.25, 0.3) is 0 Å². The Morgan fingerprint density at radius 3 is 2.33 bits per heavy atom. The zero-order valence-corrected chi connectivity index (χ0v) is 13.3. The van der Waals surface area contributed by atoms with Crippen molar-refractivity contribution in [1.29, 1.82) is 0 Å². The van der Waals surface area contributed by atoms with Crippen LogP contribution in [0.3, 0.4) is 0 Å². The maximum Gasteiger partial charge on any atom is 0.243 e. The van der Waals surface area contributed by atoms with E-state index in [1.54, 1.807) is 4.90 Å². The summed E-state index contributed by atoms with van der Waals surface area (Å²) in [6.45, 7) is 7.96. The molecule has 0 aliphatic carbocycles. The lowest BCUT2D eigenvalue weighted by molar-refractivity contribution is -0.140. The minimum absolute atomic E-state index is 0.0218. The molecule has 1 aliphatic rings. The molecule has 1 aliphatic heterocycles. The maximum absolute atomic E-state index is 12.3. The van der Waals surface area contributed by atoms with Gasteiger partial charge in [-0.3, -0.25) is 14.4 Å². The molecule has 0 bridgehead atoms. The Kier molecular flexibility index (Phi) is 6.33. The predicted octanol–water partition coefficient (Wildman–Crippen LogP) is 0.211. The molecule has 6 nitrogen and oxygen atoms in total. The average Bonchev–Trinajstić information content (AvgIpc) is 2.91. The molecule has 6 heteroatoms. The summed E-state index contributed by atoms with van der Waals surface area (Å²) in [6, 6.07) is -1.78. The molecule has 21 heavy (non-hydrogen) atoms. The highest BCUT2D eigenvalue weighted by atomic mass is 16.2. The molecule has 3 N–H and O–H groups in total. The summed E-state index contributed by atoms with van der Waals surface area (Å²) >= 11 is 0. The van der Waals surface area contributed by atoms with Crippen LogP contribution in [0.5, 0.6) is 0 Å². The zero-order valence-electron chi connectivity index (χ0n) is 13.3. The van der Waals surface area contributed by atoms with E-state index in [1.165, 1.54) is 0 Å². The monoisotopic (exact) mass is 296 g/mol. The van der Waals surface area contributed by atoms with Gasteiger partial charge in [-0.05, 0) is 24.7 Å². The van der Waals surface area contributed by atoms with Gasteiger partial charge in [-0.15, -0.1) is 0 Å². The second-order valence-electron chi connectivity index (χ2n) is 6.31. The summed E-state index contributed by atoms with van der Waals surface area (Å²) in [5, 5.41) is 2.66. The van der Waals surface area contributed by atoms with Crippen molar-refractivity contribution in [3.8, 4) is 0 Å². The summed E-state index contributed by atoms with van der Waals surface area (Å²) in [7, 11) is 0. The van der Waals surface area contributed by atoms with Crippen molar-refractivity contribution in [2.75, 3.05) is 6.54 Å². The molecule has 0 aromatic heterocycles.